The molecule has 0 unspecified atom stereocenters. The molecule has 1 saturated heterocycles. The minimum Gasteiger partial charge on any atom is -0.379 e. The number of benzene rings is 1. The fourth-order valence-electron chi connectivity index (χ4n) is 3.07. The van der Waals surface area contributed by atoms with E-state index in [1.165, 1.54) is 5.56 Å². The second kappa shape index (κ2) is 11.6. The smallest absolute Gasteiger partial charge is 0.191 e. The van der Waals surface area contributed by atoms with Crippen molar-refractivity contribution in [3.8, 4) is 0 Å². The summed E-state index contributed by atoms with van der Waals surface area (Å²) >= 11 is 3.49. The van der Waals surface area contributed by atoms with Gasteiger partial charge in [0, 0.05) is 50.3 Å². The van der Waals surface area contributed by atoms with Gasteiger partial charge in [-0.05, 0) is 50.8 Å². The van der Waals surface area contributed by atoms with Crippen LogP contribution in [0.25, 0.3) is 0 Å². The van der Waals surface area contributed by atoms with Gasteiger partial charge < -0.3 is 15.4 Å². The SMILES string of the molecule is CN=C(NCCCOC(C)C)NC1CCN(Cc2ccc(Br)cc2)CC1. The Labute approximate surface area is 166 Å². The van der Waals surface area contributed by atoms with E-state index in [2.05, 4.69) is 74.6 Å². The van der Waals surface area contributed by atoms with Crippen molar-refractivity contribution in [1.82, 2.24) is 15.5 Å². The van der Waals surface area contributed by atoms with Gasteiger partial charge in [0.15, 0.2) is 5.96 Å². The van der Waals surface area contributed by atoms with Crippen LogP contribution in [0.4, 0.5) is 0 Å². The molecule has 2 N–H and O–H groups in total. The third kappa shape index (κ3) is 8.06. The van der Waals surface area contributed by atoms with Crippen molar-refractivity contribution in [2.45, 2.75) is 51.8 Å². The van der Waals surface area contributed by atoms with E-state index in [1.807, 2.05) is 7.05 Å². The lowest BCUT2D eigenvalue weighted by Crippen LogP contribution is -2.48. The van der Waals surface area contributed by atoms with Crippen molar-refractivity contribution in [3.05, 3.63) is 34.3 Å². The van der Waals surface area contributed by atoms with E-state index in [9.17, 15) is 0 Å². The first kappa shape index (κ1) is 21.2. The monoisotopic (exact) mass is 424 g/mol. The van der Waals surface area contributed by atoms with Gasteiger partial charge in [-0.15, -0.1) is 0 Å². The zero-order valence-corrected chi connectivity index (χ0v) is 17.9. The van der Waals surface area contributed by atoms with Gasteiger partial charge in [0.1, 0.15) is 0 Å². The maximum Gasteiger partial charge on any atom is 0.191 e. The molecule has 146 valence electrons. The molecule has 1 aliphatic rings. The fourth-order valence-corrected chi connectivity index (χ4v) is 3.33. The Balaban J connectivity index is 1.64. The first-order chi connectivity index (χ1) is 12.6. The molecule has 2 rings (SSSR count). The minimum atomic E-state index is 0.301. The van der Waals surface area contributed by atoms with Crippen molar-refractivity contribution in [2.75, 3.05) is 33.3 Å². The van der Waals surface area contributed by atoms with Gasteiger partial charge in [-0.2, -0.15) is 0 Å². The highest BCUT2D eigenvalue weighted by molar-refractivity contribution is 9.10. The van der Waals surface area contributed by atoms with E-state index in [0.29, 0.717) is 12.1 Å². The highest BCUT2D eigenvalue weighted by Gasteiger charge is 2.19. The molecule has 1 aromatic carbocycles. The third-order valence-corrected chi connectivity index (χ3v) is 5.06. The Hall–Kier alpha value is -1.11. The van der Waals surface area contributed by atoms with Gasteiger partial charge in [0.05, 0.1) is 6.10 Å². The van der Waals surface area contributed by atoms with Gasteiger partial charge in [-0.3, -0.25) is 9.89 Å². The Bertz CT molecular complexity index is 539. The Morgan fingerprint density at radius 2 is 1.96 bits per heavy atom. The molecule has 0 atom stereocenters. The molecule has 1 fully saturated rings. The first-order valence-corrected chi connectivity index (χ1v) is 10.4. The second-order valence-electron chi connectivity index (χ2n) is 7.09. The number of ether oxygens (including phenoxy) is 1. The van der Waals surface area contributed by atoms with Crippen LogP contribution in [0.5, 0.6) is 0 Å². The lowest BCUT2D eigenvalue weighted by atomic mass is 10.0. The zero-order valence-electron chi connectivity index (χ0n) is 16.3. The van der Waals surface area contributed by atoms with E-state index in [4.69, 9.17) is 4.74 Å². The van der Waals surface area contributed by atoms with Crippen LogP contribution in [-0.4, -0.2) is 56.3 Å². The van der Waals surface area contributed by atoms with Crippen molar-refractivity contribution >= 4 is 21.9 Å². The largest absolute Gasteiger partial charge is 0.379 e. The molecule has 26 heavy (non-hydrogen) atoms. The standard InChI is InChI=1S/C20H33BrN4O/c1-16(2)26-14-4-11-23-20(22-3)24-19-9-12-25(13-10-19)15-17-5-7-18(21)8-6-17/h5-8,16,19H,4,9-15H2,1-3H3,(H2,22,23,24). The molecule has 1 heterocycles. The van der Waals surface area contributed by atoms with E-state index in [-0.39, 0.29) is 0 Å². The summed E-state index contributed by atoms with van der Waals surface area (Å²) in [5.74, 6) is 0.904. The number of hydrogen-bond donors (Lipinski definition) is 2. The number of piperidine rings is 1. The van der Waals surface area contributed by atoms with Crippen LogP contribution in [0.2, 0.25) is 0 Å². The van der Waals surface area contributed by atoms with Crippen molar-refractivity contribution in [1.29, 1.82) is 0 Å². The molecule has 0 aliphatic carbocycles. The van der Waals surface area contributed by atoms with E-state index in [0.717, 1.165) is 62.5 Å². The number of nitrogens with one attached hydrogen (secondary N) is 2. The summed E-state index contributed by atoms with van der Waals surface area (Å²) in [6.07, 6.45) is 3.58. The molecule has 5 nitrogen and oxygen atoms in total. The molecule has 0 radical (unpaired) electrons. The van der Waals surface area contributed by atoms with E-state index in [1.54, 1.807) is 0 Å². The van der Waals surface area contributed by atoms with E-state index < -0.39 is 0 Å². The summed E-state index contributed by atoms with van der Waals surface area (Å²) in [6.45, 7) is 9.07. The van der Waals surface area contributed by atoms with Crippen molar-refractivity contribution in [2.24, 2.45) is 4.99 Å². The predicted octanol–water partition coefficient (Wildman–Crippen LogP) is 3.39. The molecule has 6 heteroatoms. The highest BCUT2D eigenvalue weighted by Crippen LogP contribution is 2.16. The molecular formula is C20H33BrN4O. The van der Waals surface area contributed by atoms with Gasteiger partial charge in [-0.25, -0.2) is 0 Å². The van der Waals surface area contributed by atoms with Crippen LogP contribution in [-0.2, 0) is 11.3 Å². The molecule has 0 bridgehead atoms. The summed E-state index contributed by atoms with van der Waals surface area (Å²) in [4.78, 5) is 6.87. The lowest BCUT2D eigenvalue weighted by Gasteiger charge is -2.33. The van der Waals surface area contributed by atoms with Gasteiger partial charge >= 0.3 is 0 Å². The second-order valence-corrected chi connectivity index (χ2v) is 8.01. The Kier molecular flexibility index (Phi) is 9.43. The summed E-state index contributed by atoms with van der Waals surface area (Å²) in [5.41, 5.74) is 1.38. The average molecular weight is 425 g/mol. The number of likely N-dealkylation sites (tertiary alicyclic amines) is 1. The molecule has 0 saturated carbocycles. The number of hydrogen-bond acceptors (Lipinski definition) is 3. The normalized spacial score (nSPS) is 16.9. The van der Waals surface area contributed by atoms with Gasteiger partial charge in [0.2, 0.25) is 0 Å². The predicted molar refractivity (Wildman–Crippen MR) is 113 cm³/mol. The Morgan fingerprint density at radius 3 is 2.58 bits per heavy atom. The van der Waals surface area contributed by atoms with Crippen LogP contribution in [0, 0.1) is 0 Å². The number of nitrogens with zero attached hydrogens (tertiary/aromatic N) is 2. The summed E-state index contributed by atoms with van der Waals surface area (Å²) in [7, 11) is 1.84. The van der Waals surface area contributed by atoms with Crippen molar-refractivity contribution in [3.63, 3.8) is 0 Å². The number of rotatable bonds is 8. The summed E-state index contributed by atoms with van der Waals surface area (Å²) in [6, 6.07) is 9.12. The summed E-state index contributed by atoms with van der Waals surface area (Å²) in [5, 5.41) is 6.95. The highest BCUT2D eigenvalue weighted by atomic mass is 79.9. The molecule has 0 aromatic heterocycles. The van der Waals surface area contributed by atoms with Gasteiger partial charge in [0.25, 0.3) is 0 Å². The van der Waals surface area contributed by atoms with Gasteiger partial charge in [-0.1, -0.05) is 28.1 Å². The van der Waals surface area contributed by atoms with Crippen LogP contribution in [0.3, 0.4) is 0 Å². The number of halogens is 1. The third-order valence-electron chi connectivity index (χ3n) is 4.54. The Morgan fingerprint density at radius 1 is 1.27 bits per heavy atom. The van der Waals surface area contributed by atoms with E-state index >= 15 is 0 Å². The minimum absolute atomic E-state index is 0.301. The molecule has 1 aromatic rings. The number of guanidine groups is 1. The van der Waals surface area contributed by atoms with Crippen LogP contribution in [0.15, 0.2) is 33.7 Å². The maximum absolute atomic E-state index is 5.57. The topological polar surface area (TPSA) is 48.9 Å². The number of aliphatic imine (C=N–C) groups is 1. The zero-order chi connectivity index (χ0) is 18.8. The first-order valence-electron chi connectivity index (χ1n) is 9.62. The lowest BCUT2D eigenvalue weighted by molar-refractivity contribution is 0.0776. The maximum atomic E-state index is 5.57. The van der Waals surface area contributed by atoms with Crippen LogP contribution in [0.1, 0.15) is 38.7 Å². The van der Waals surface area contributed by atoms with Crippen molar-refractivity contribution < 1.29 is 4.74 Å². The molecule has 1 aliphatic heterocycles. The van der Waals surface area contributed by atoms with Crippen LogP contribution >= 0.6 is 15.9 Å². The molecule has 0 amide bonds. The quantitative estimate of drug-likeness (QED) is 0.381. The molecular weight excluding hydrogens is 392 g/mol. The van der Waals surface area contributed by atoms with Crippen LogP contribution < -0.4 is 10.6 Å². The molecule has 0 spiro atoms. The summed E-state index contributed by atoms with van der Waals surface area (Å²) < 4.78 is 6.70. The average Bonchev–Trinajstić information content (AvgIpc) is 2.63. The fraction of sp³-hybridized carbons (Fsp3) is 0.650.